The van der Waals surface area contributed by atoms with Gasteiger partial charge in [-0.3, -0.25) is 11.3 Å². The van der Waals surface area contributed by atoms with E-state index in [1.165, 1.54) is 0 Å². The number of halogens is 3. The Kier molecular flexibility index (Phi) is 6.57. The number of hydrogen-bond donors (Lipinski definition) is 2. The average molecular weight is 210 g/mol. The summed E-state index contributed by atoms with van der Waals surface area (Å²) in [7, 11) is 0. The smallest absolute Gasteiger partial charge is 0.271 e. The summed E-state index contributed by atoms with van der Waals surface area (Å²) in [6, 6.07) is -0.253. The molecule has 0 aromatic heterocycles. The Hall–Kier alpha value is -0.550. The second-order valence-electron chi connectivity index (χ2n) is 3.24. The second-order valence-corrected chi connectivity index (χ2v) is 3.24. The number of allylic oxidation sites excluding steroid dienone is 1. The lowest BCUT2D eigenvalue weighted by Gasteiger charge is -2.16. The maximum absolute atomic E-state index is 11.9. The SMILES string of the molecule is C=CCCCC(CCC(F)(F)F)NN. The van der Waals surface area contributed by atoms with Crippen LogP contribution in [0.25, 0.3) is 0 Å². The fourth-order valence-corrected chi connectivity index (χ4v) is 1.16. The molecule has 1 atom stereocenters. The average Bonchev–Trinajstić information content (AvgIpc) is 2.09. The summed E-state index contributed by atoms with van der Waals surface area (Å²) < 4.78 is 35.6. The quantitative estimate of drug-likeness (QED) is 0.293. The molecule has 0 aromatic carbocycles. The Morgan fingerprint density at radius 3 is 2.43 bits per heavy atom. The maximum Gasteiger partial charge on any atom is 0.389 e. The van der Waals surface area contributed by atoms with Crippen LogP contribution in [-0.4, -0.2) is 12.2 Å². The molecule has 2 nitrogen and oxygen atoms in total. The van der Waals surface area contributed by atoms with Crippen molar-refractivity contribution in [3.8, 4) is 0 Å². The van der Waals surface area contributed by atoms with Crippen molar-refractivity contribution in [3.63, 3.8) is 0 Å². The van der Waals surface area contributed by atoms with E-state index < -0.39 is 12.6 Å². The molecule has 3 N–H and O–H groups in total. The lowest BCUT2D eigenvalue weighted by atomic mass is 10.1. The van der Waals surface area contributed by atoms with Crippen molar-refractivity contribution in [2.45, 2.75) is 44.3 Å². The highest BCUT2D eigenvalue weighted by Crippen LogP contribution is 2.23. The van der Waals surface area contributed by atoms with Crippen LogP contribution in [0.2, 0.25) is 0 Å². The zero-order valence-corrected chi connectivity index (χ0v) is 8.11. The standard InChI is InChI=1S/C9H17F3N2/c1-2-3-4-5-8(14-13)6-7-9(10,11)12/h2,8,14H,1,3-7,13H2. The third-order valence-electron chi connectivity index (χ3n) is 1.97. The summed E-state index contributed by atoms with van der Waals surface area (Å²) in [5.41, 5.74) is 2.40. The Morgan fingerprint density at radius 2 is 2.00 bits per heavy atom. The van der Waals surface area contributed by atoms with Crippen LogP contribution in [0.15, 0.2) is 12.7 Å². The molecule has 0 bridgehead atoms. The molecule has 0 radical (unpaired) electrons. The topological polar surface area (TPSA) is 38.0 Å². The van der Waals surface area contributed by atoms with E-state index in [0.717, 1.165) is 12.8 Å². The molecule has 0 aromatic rings. The van der Waals surface area contributed by atoms with Crippen molar-refractivity contribution in [1.29, 1.82) is 0 Å². The van der Waals surface area contributed by atoms with E-state index in [1.807, 2.05) is 0 Å². The van der Waals surface area contributed by atoms with Crippen molar-refractivity contribution >= 4 is 0 Å². The Morgan fingerprint density at radius 1 is 1.36 bits per heavy atom. The molecule has 14 heavy (non-hydrogen) atoms. The summed E-state index contributed by atoms with van der Waals surface area (Å²) in [6.07, 6.45) is -0.809. The van der Waals surface area contributed by atoms with Gasteiger partial charge in [-0.05, 0) is 25.7 Å². The molecule has 0 rings (SSSR count). The first kappa shape index (κ1) is 13.4. The minimum absolute atomic E-state index is 0.0388. The van der Waals surface area contributed by atoms with E-state index in [1.54, 1.807) is 6.08 Å². The van der Waals surface area contributed by atoms with Crippen LogP contribution < -0.4 is 11.3 Å². The molecule has 0 aliphatic heterocycles. The normalized spacial score (nSPS) is 14.0. The summed E-state index contributed by atoms with van der Waals surface area (Å²) in [5.74, 6) is 5.14. The highest BCUT2D eigenvalue weighted by atomic mass is 19.4. The first-order valence-electron chi connectivity index (χ1n) is 4.63. The van der Waals surface area contributed by atoms with Gasteiger partial charge in [0.1, 0.15) is 0 Å². The van der Waals surface area contributed by atoms with Crippen LogP contribution in [0.4, 0.5) is 13.2 Å². The van der Waals surface area contributed by atoms with Gasteiger partial charge in [0.15, 0.2) is 0 Å². The van der Waals surface area contributed by atoms with Gasteiger partial charge < -0.3 is 0 Å². The van der Waals surface area contributed by atoms with E-state index in [9.17, 15) is 13.2 Å². The zero-order valence-electron chi connectivity index (χ0n) is 8.11. The van der Waals surface area contributed by atoms with E-state index in [4.69, 9.17) is 5.84 Å². The van der Waals surface area contributed by atoms with Crippen molar-refractivity contribution in [3.05, 3.63) is 12.7 Å². The van der Waals surface area contributed by atoms with Gasteiger partial charge in [0, 0.05) is 12.5 Å². The summed E-state index contributed by atoms with van der Waals surface area (Å²) >= 11 is 0. The number of hydrogen-bond acceptors (Lipinski definition) is 2. The third-order valence-corrected chi connectivity index (χ3v) is 1.97. The van der Waals surface area contributed by atoms with E-state index in [-0.39, 0.29) is 12.5 Å². The van der Waals surface area contributed by atoms with E-state index >= 15 is 0 Å². The second kappa shape index (κ2) is 6.84. The first-order chi connectivity index (χ1) is 6.49. The Labute approximate surface area is 82.3 Å². The molecule has 0 saturated carbocycles. The number of rotatable bonds is 7. The fourth-order valence-electron chi connectivity index (χ4n) is 1.16. The summed E-state index contributed by atoms with van der Waals surface area (Å²) in [4.78, 5) is 0. The van der Waals surface area contributed by atoms with Crippen LogP contribution in [0, 0.1) is 0 Å². The van der Waals surface area contributed by atoms with Gasteiger partial charge in [-0.15, -0.1) is 6.58 Å². The molecule has 0 heterocycles. The number of unbranched alkanes of at least 4 members (excludes halogenated alkanes) is 1. The van der Waals surface area contributed by atoms with E-state index in [2.05, 4.69) is 12.0 Å². The third kappa shape index (κ3) is 8.07. The lowest BCUT2D eigenvalue weighted by molar-refractivity contribution is -0.136. The van der Waals surface area contributed by atoms with Gasteiger partial charge in [0.2, 0.25) is 0 Å². The zero-order chi connectivity index (χ0) is 11.0. The van der Waals surface area contributed by atoms with Gasteiger partial charge in [-0.25, -0.2) is 0 Å². The minimum atomic E-state index is -4.09. The van der Waals surface area contributed by atoms with Gasteiger partial charge in [-0.1, -0.05) is 6.08 Å². The van der Waals surface area contributed by atoms with Gasteiger partial charge in [0.25, 0.3) is 0 Å². The Bertz CT molecular complexity index is 157. The maximum atomic E-state index is 11.9. The van der Waals surface area contributed by atoms with Crippen LogP contribution in [0.5, 0.6) is 0 Å². The predicted octanol–water partition coefficient (Wildman–Crippen LogP) is 2.52. The molecular weight excluding hydrogens is 193 g/mol. The molecule has 84 valence electrons. The summed E-state index contributed by atoms with van der Waals surface area (Å²) in [5, 5.41) is 0. The van der Waals surface area contributed by atoms with Crippen molar-refractivity contribution in [2.24, 2.45) is 5.84 Å². The number of alkyl halides is 3. The molecular formula is C9H17F3N2. The molecule has 0 fully saturated rings. The monoisotopic (exact) mass is 210 g/mol. The van der Waals surface area contributed by atoms with Crippen molar-refractivity contribution in [1.82, 2.24) is 5.43 Å². The van der Waals surface area contributed by atoms with Gasteiger partial charge >= 0.3 is 6.18 Å². The van der Waals surface area contributed by atoms with Crippen LogP contribution >= 0.6 is 0 Å². The van der Waals surface area contributed by atoms with Crippen LogP contribution in [0.3, 0.4) is 0 Å². The first-order valence-corrected chi connectivity index (χ1v) is 4.63. The van der Waals surface area contributed by atoms with Crippen LogP contribution in [-0.2, 0) is 0 Å². The minimum Gasteiger partial charge on any atom is -0.271 e. The van der Waals surface area contributed by atoms with Gasteiger partial charge in [-0.2, -0.15) is 13.2 Å². The molecule has 5 heteroatoms. The molecule has 0 amide bonds. The van der Waals surface area contributed by atoms with Crippen molar-refractivity contribution < 1.29 is 13.2 Å². The predicted molar refractivity (Wildman–Crippen MR) is 50.4 cm³/mol. The highest BCUT2D eigenvalue weighted by molar-refractivity contribution is 4.71. The highest BCUT2D eigenvalue weighted by Gasteiger charge is 2.27. The van der Waals surface area contributed by atoms with Crippen molar-refractivity contribution in [2.75, 3.05) is 0 Å². The largest absolute Gasteiger partial charge is 0.389 e. The Balaban J connectivity index is 3.63. The number of nitrogens with one attached hydrogen (secondary N) is 1. The molecule has 0 spiro atoms. The fraction of sp³-hybridized carbons (Fsp3) is 0.778. The molecule has 0 aliphatic rings. The van der Waals surface area contributed by atoms with Crippen LogP contribution in [0.1, 0.15) is 32.1 Å². The summed E-state index contributed by atoms with van der Waals surface area (Å²) in [6.45, 7) is 3.54. The molecule has 1 unspecified atom stereocenters. The molecule has 0 saturated heterocycles. The molecule has 0 aliphatic carbocycles. The number of nitrogens with two attached hydrogens (primary N) is 1. The number of hydrazine groups is 1. The lowest BCUT2D eigenvalue weighted by Crippen LogP contribution is -2.35. The van der Waals surface area contributed by atoms with Gasteiger partial charge in [0.05, 0.1) is 0 Å². The van der Waals surface area contributed by atoms with E-state index in [0.29, 0.717) is 6.42 Å².